The number of hydrogen-bond donors (Lipinski definition) is 0. The monoisotopic (exact) mass is 142 g/mol. The Morgan fingerprint density at radius 2 is 1.40 bits per heavy atom. The van der Waals surface area contributed by atoms with E-state index in [1.165, 1.54) is 30.4 Å². The minimum absolute atomic E-state index is 0.455. The lowest BCUT2D eigenvalue weighted by molar-refractivity contribution is -0.942. The fraction of sp³-hybridized carbons (Fsp3) is 1.00. The van der Waals surface area contributed by atoms with Crippen LogP contribution >= 0.6 is 0 Å². The number of rotatable bonds is 0. The van der Waals surface area contributed by atoms with Crippen LogP contribution in [0.2, 0.25) is 0 Å². The topological polar surface area (TPSA) is 0 Å². The Labute approximate surface area is 64.6 Å². The summed E-state index contributed by atoms with van der Waals surface area (Å²) in [6.45, 7) is 9.79. The van der Waals surface area contributed by atoms with Gasteiger partial charge in [0.2, 0.25) is 0 Å². The van der Waals surface area contributed by atoms with Crippen LogP contribution in [0.5, 0.6) is 0 Å². The molecule has 60 valence electrons. The number of likely N-dealkylation sites (tertiary alicyclic amines) is 1. The molecule has 0 radical (unpaired) electrons. The molecule has 1 fully saturated rings. The largest absolute Gasteiger partial charge is 0.322 e. The van der Waals surface area contributed by atoms with Gasteiger partial charge in [-0.3, -0.25) is 0 Å². The van der Waals surface area contributed by atoms with E-state index < -0.39 is 0 Å². The lowest BCUT2D eigenvalue weighted by atomic mass is 10.0. The summed E-state index contributed by atoms with van der Waals surface area (Å²) in [5.41, 5.74) is 0.455. The van der Waals surface area contributed by atoms with Gasteiger partial charge >= 0.3 is 0 Å². The molecule has 1 heteroatoms. The number of hydrogen-bond acceptors (Lipinski definition) is 0. The molecule has 1 aliphatic heterocycles. The number of quaternary nitrogens is 1. The van der Waals surface area contributed by atoms with Crippen LogP contribution in [-0.4, -0.2) is 30.2 Å². The van der Waals surface area contributed by atoms with Gasteiger partial charge in [0.15, 0.2) is 0 Å². The molecule has 0 aliphatic carbocycles. The maximum absolute atomic E-state index is 2.38. The molecule has 1 saturated heterocycles. The molecule has 10 heavy (non-hydrogen) atoms. The van der Waals surface area contributed by atoms with Crippen LogP contribution in [0.1, 0.15) is 33.6 Å². The quantitative estimate of drug-likeness (QED) is 0.454. The molecule has 1 nitrogen and oxygen atoms in total. The SMILES string of the molecule is CC(C)(C)[N+]1(C)CCCC1. The van der Waals surface area contributed by atoms with E-state index in [0.717, 1.165) is 0 Å². The highest BCUT2D eigenvalue weighted by Gasteiger charge is 2.38. The summed E-state index contributed by atoms with van der Waals surface area (Å²) in [5.74, 6) is 0. The van der Waals surface area contributed by atoms with Gasteiger partial charge in [-0.05, 0) is 20.8 Å². The fourth-order valence-electron chi connectivity index (χ4n) is 1.70. The molecule has 0 aromatic rings. The maximum Gasteiger partial charge on any atom is 0.0905 e. The van der Waals surface area contributed by atoms with E-state index in [4.69, 9.17) is 0 Å². The van der Waals surface area contributed by atoms with Crippen molar-refractivity contribution >= 4 is 0 Å². The van der Waals surface area contributed by atoms with Gasteiger partial charge in [0.1, 0.15) is 0 Å². The molecular weight excluding hydrogens is 122 g/mol. The zero-order valence-corrected chi connectivity index (χ0v) is 7.78. The maximum atomic E-state index is 2.38. The van der Waals surface area contributed by atoms with E-state index >= 15 is 0 Å². The second-order valence-electron chi connectivity index (χ2n) is 4.72. The summed E-state index contributed by atoms with van der Waals surface area (Å²) in [4.78, 5) is 0. The summed E-state index contributed by atoms with van der Waals surface area (Å²) >= 11 is 0. The molecule has 0 unspecified atom stereocenters. The Bertz CT molecular complexity index is 115. The van der Waals surface area contributed by atoms with Crippen molar-refractivity contribution < 1.29 is 4.48 Å². The zero-order chi connectivity index (χ0) is 7.83. The molecule has 0 saturated carbocycles. The number of nitrogens with zero attached hydrogens (tertiary/aromatic N) is 1. The van der Waals surface area contributed by atoms with Crippen molar-refractivity contribution in [1.82, 2.24) is 0 Å². The minimum atomic E-state index is 0.455. The lowest BCUT2D eigenvalue weighted by Gasteiger charge is -2.42. The standard InChI is InChI=1S/C9H20N/c1-9(2,3)10(4)7-5-6-8-10/h5-8H2,1-4H3/q+1. The first-order valence-corrected chi connectivity index (χ1v) is 4.30. The van der Waals surface area contributed by atoms with Gasteiger partial charge in [-0.25, -0.2) is 0 Å². The molecule has 0 amide bonds. The summed E-state index contributed by atoms with van der Waals surface area (Å²) in [5, 5.41) is 0. The van der Waals surface area contributed by atoms with Crippen LogP contribution in [0.3, 0.4) is 0 Å². The lowest BCUT2D eigenvalue weighted by Crippen LogP contribution is -2.55. The normalized spacial score (nSPS) is 25.2. The van der Waals surface area contributed by atoms with E-state index in [9.17, 15) is 0 Å². The van der Waals surface area contributed by atoms with Gasteiger partial charge in [-0.15, -0.1) is 0 Å². The minimum Gasteiger partial charge on any atom is -0.322 e. The van der Waals surface area contributed by atoms with Crippen LogP contribution in [0.25, 0.3) is 0 Å². The van der Waals surface area contributed by atoms with E-state index in [1.54, 1.807) is 0 Å². The van der Waals surface area contributed by atoms with E-state index in [1.807, 2.05) is 0 Å². The average Bonchev–Trinajstić information content (AvgIpc) is 2.13. The van der Waals surface area contributed by atoms with Crippen molar-refractivity contribution in [1.29, 1.82) is 0 Å². The van der Waals surface area contributed by atoms with Gasteiger partial charge in [-0.1, -0.05) is 0 Å². The summed E-state index contributed by atoms with van der Waals surface area (Å²) < 4.78 is 1.27. The third-order valence-electron chi connectivity index (χ3n) is 3.17. The molecule has 0 aromatic heterocycles. The molecule has 1 rings (SSSR count). The van der Waals surface area contributed by atoms with Crippen LogP contribution < -0.4 is 0 Å². The van der Waals surface area contributed by atoms with Crippen LogP contribution in [0.15, 0.2) is 0 Å². The van der Waals surface area contributed by atoms with Crippen molar-refractivity contribution in [3.8, 4) is 0 Å². The highest BCUT2D eigenvalue weighted by molar-refractivity contribution is 4.66. The van der Waals surface area contributed by atoms with Gasteiger partial charge in [0.05, 0.1) is 25.7 Å². The Morgan fingerprint density at radius 1 is 1.00 bits per heavy atom. The van der Waals surface area contributed by atoms with Crippen LogP contribution in [0, 0.1) is 0 Å². The van der Waals surface area contributed by atoms with Crippen LogP contribution in [0.4, 0.5) is 0 Å². The Hall–Kier alpha value is -0.0400. The fourth-order valence-corrected chi connectivity index (χ4v) is 1.70. The average molecular weight is 142 g/mol. The van der Waals surface area contributed by atoms with Crippen molar-refractivity contribution in [3.05, 3.63) is 0 Å². The Morgan fingerprint density at radius 3 is 1.60 bits per heavy atom. The van der Waals surface area contributed by atoms with Gasteiger partial charge in [0, 0.05) is 12.8 Å². The third-order valence-corrected chi connectivity index (χ3v) is 3.17. The predicted octanol–water partition coefficient (Wildman–Crippen LogP) is 2.03. The first-order valence-electron chi connectivity index (χ1n) is 4.30. The molecule has 0 atom stereocenters. The second-order valence-corrected chi connectivity index (χ2v) is 4.72. The first-order chi connectivity index (χ1) is 4.46. The first kappa shape index (κ1) is 8.06. The third kappa shape index (κ3) is 1.20. The molecule has 0 spiro atoms. The molecule has 0 N–H and O–H groups in total. The molecule has 1 heterocycles. The van der Waals surface area contributed by atoms with Crippen molar-refractivity contribution in [2.24, 2.45) is 0 Å². The molecule has 0 bridgehead atoms. The van der Waals surface area contributed by atoms with Crippen molar-refractivity contribution in [3.63, 3.8) is 0 Å². The van der Waals surface area contributed by atoms with Gasteiger partial charge in [-0.2, -0.15) is 0 Å². The smallest absolute Gasteiger partial charge is 0.0905 e. The van der Waals surface area contributed by atoms with E-state index in [-0.39, 0.29) is 0 Å². The summed E-state index contributed by atoms with van der Waals surface area (Å²) in [6.07, 6.45) is 2.85. The predicted molar refractivity (Wildman–Crippen MR) is 44.9 cm³/mol. The van der Waals surface area contributed by atoms with E-state index in [0.29, 0.717) is 5.54 Å². The van der Waals surface area contributed by atoms with Gasteiger partial charge in [0.25, 0.3) is 0 Å². The van der Waals surface area contributed by atoms with Crippen molar-refractivity contribution in [2.45, 2.75) is 39.2 Å². The van der Waals surface area contributed by atoms with E-state index in [2.05, 4.69) is 27.8 Å². The second kappa shape index (κ2) is 2.23. The Kier molecular flexibility index (Phi) is 1.80. The van der Waals surface area contributed by atoms with Crippen molar-refractivity contribution in [2.75, 3.05) is 20.1 Å². The summed E-state index contributed by atoms with van der Waals surface area (Å²) in [6, 6.07) is 0. The highest BCUT2D eigenvalue weighted by atomic mass is 15.4. The van der Waals surface area contributed by atoms with Crippen LogP contribution in [-0.2, 0) is 0 Å². The highest BCUT2D eigenvalue weighted by Crippen LogP contribution is 2.27. The molecular formula is C9H20N+. The van der Waals surface area contributed by atoms with Gasteiger partial charge < -0.3 is 4.48 Å². The molecule has 0 aromatic carbocycles. The Balaban J connectivity index is 2.67. The molecule has 1 aliphatic rings. The summed E-state index contributed by atoms with van der Waals surface area (Å²) in [7, 11) is 2.38. The zero-order valence-electron chi connectivity index (χ0n) is 7.78.